The zero-order chi connectivity index (χ0) is 26.4. The van der Waals surface area contributed by atoms with Crippen molar-refractivity contribution < 1.29 is 14.0 Å². The van der Waals surface area contributed by atoms with Crippen molar-refractivity contribution in [2.24, 2.45) is 5.92 Å². The molecule has 2 amide bonds. The number of piperidine rings is 2. The molecule has 0 spiro atoms. The molecule has 2 aromatic rings. The van der Waals surface area contributed by atoms with Crippen LogP contribution in [0.5, 0.6) is 0 Å². The Hall–Kier alpha value is -1.77. The third kappa shape index (κ3) is 9.39. The van der Waals surface area contributed by atoms with Crippen LogP contribution < -0.4 is 10.2 Å². The van der Waals surface area contributed by atoms with Crippen LogP contribution in [-0.2, 0) is 9.59 Å². The highest BCUT2D eigenvalue weighted by molar-refractivity contribution is 6.42. The summed E-state index contributed by atoms with van der Waals surface area (Å²) in [4.78, 5) is 31.4. The molecule has 1 N–H and O–H groups in total. The van der Waals surface area contributed by atoms with Crippen molar-refractivity contribution in [1.82, 2.24) is 9.80 Å². The van der Waals surface area contributed by atoms with Gasteiger partial charge in [-0.25, -0.2) is 4.39 Å². The molecule has 6 nitrogen and oxygen atoms in total. The van der Waals surface area contributed by atoms with Gasteiger partial charge in [0.25, 0.3) is 0 Å². The number of amides is 2. The molecule has 2 saturated heterocycles. The Bertz CT molecular complexity index is 1080. The van der Waals surface area contributed by atoms with E-state index in [1.807, 2.05) is 15.9 Å². The SMILES string of the molecule is CC(=O)N1CCC(C(=O)N(CCCN2CCC(Nc3ccc(F)cc3)CC2)c2ccc(Cl)c(Cl)c2)CC1.Cl.Cl. The molecule has 2 aromatic carbocycles. The number of halogens is 5. The first-order chi connectivity index (χ1) is 17.8. The van der Waals surface area contributed by atoms with E-state index in [0.717, 1.165) is 50.3 Å². The summed E-state index contributed by atoms with van der Waals surface area (Å²) in [5, 5.41) is 4.39. The first kappa shape index (κ1) is 33.4. The fraction of sp³-hybridized carbons (Fsp3) is 0.500. The molecule has 0 aromatic heterocycles. The monoisotopic (exact) mass is 620 g/mol. The van der Waals surface area contributed by atoms with Crippen molar-refractivity contribution >= 4 is 71.2 Å². The van der Waals surface area contributed by atoms with Gasteiger partial charge in [0.1, 0.15) is 5.82 Å². The second-order valence-corrected chi connectivity index (χ2v) is 10.8. The van der Waals surface area contributed by atoms with Crippen molar-refractivity contribution in [3.8, 4) is 0 Å². The smallest absolute Gasteiger partial charge is 0.230 e. The van der Waals surface area contributed by atoms with Crippen LogP contribution in [0.2, 0.25) is 10.0 Å². The van der Waals surface area contributed by atoms with E-state index in [1.54, 1.807) is 31.2 Å². The van der Waals surface area contributed by atoms with Crippen molar-refractivity contribution in [3.63, 3.8) is 0 Å². The number of hydrogen-bond acceptors (Lipinski definition) is 4. The summed E-state index contributed by atoms with van der Waals surface area (Å²) in [7, 11) is 0. The molecule has 0 saturated carbocycles. The second-order valence-electron chi connectivity index (χ2n) is 9.99. The number of carbonyl (C=O) groups excluding carboxylic acids is 2. The first-order valence-electron chi connectivity index (χ1n) is 13.1. The lowest BCUT2D eigenvalue weighted by Crippen LogP contribution is -2.45. The quantitative estimate of drug-likeness (QED) is 0.364. The Morgan fingerprint density at radius 2 is 1.59 bits per heavy atom. The third-order valence-electron chi connectivity index (χ3n) is 7.43. The number of rotatable bonds is 8. The highest BCUT2D eigenvalue weighted by atomic mass is 35.5. The Balaban J connectivity index is 0.00000267. The van der Waals surface area contributed by atoms with Gasteiger partial charge in [-0.05, 0) is 81.1 Å². The Kier molecular flexibility index (Phi) is 13.6. The van der Waals surface area contributed by atoms with Crippen LogP contribution in [-0.4, -0.2) is 66.9 Å². The van der Waals surface area contributed by atoms with E-state index in [1.165, 1.54) is 12.1 Å². The average Bonchev–Trinajstić information content (AvgIpc) is 2.90. The number of nitrogens with one attached hydrogen (secondary N) is 1. The molecular formula is C28H37Cl4FN4O2. The molecule has 11 heteroatoms. The van der Waals surface area contributed by atoms with Gasteiger partial charge in [-0.15, -0.1) is 24.8 Å². The molecule has 2 fully saturated rings. The van der Waals surface area contributed by atoms with Crippen molar-refractivity contribution in [2.45, 2.75) is 45.1 Å². The minimum Gasteiger partial charge on any atom is -0.382 e. The van der Waals surface area contributed by atoms with Gasteiger partial charge in [-0.1, -0.05) is 23.2 Å². The summed E-state index contributed by atoms with van der Waals surface area (Å²) in [6, 6.07) is 12.2. The van der Waals surface area contributed by atoms with E-state index >= 15 is 0 Å². The lowest BCUT2D eigenvalue weighted by atomic mass is 9.94. The molecule has 216 valence electrons. The van der Waals surface area contributed by atoms with Crippen molar-refractivity contribution in [2.75, 3.05) is 49.5 Å². The van der Waals surface area contributed by atoms with Crippen molar-refractivity contribution in [3.05, 3.63) is 58.3 Å². The maximum atomic E-state index is 13.6. The summed E-state index contributed by atoms with van der Waals surface area (Å²) < 4.78 is 13.2. The summed E-state index contributed by atoms with van der Waals surface area (Å²) in [5.74, 6) is -0.193. The fourth-order valence-electron chi connectivity index (χ4n) is 5.22. The highest BCUT2D eigenvalue weighted by Gasteiger charge is 2.30. The zero-order valence-electron chi connectivity index (χ0n) is 22.1. The molecule has 39 heavy (non-hydrogen) atoms. The fourth-order valence-corrected chi connectivity index (χ4v) is 5.51. The van der Waals surface area contributed by atoms with E-state index in [-0.39, 0.29) is 48.4 Å². The van der Waals surface area contributed by atoms with Crippen LogP contribution in [0.4, 0.5) is 15.8 Å². The van der Waals surface area contributed by atoms with Gasteiger partial charge in [0, 0.05) is 63.0 Å². The van der Waals surface area contributed by atoms with Gasteiger partial charge in [0.2, 0.25) is 11.8 Å². The number of benzene rings is 2. The standard InChI is InChI=1S/C28H35Cl2FN4O2.2ClH/c1-20(36)34-17-9-21(10-18-34)28(37)35(25-7-8-26(29)27(30)19-25)14-2-13-33-15-11-24(12-16-33)32-23-5-3-22(31)4-6-23;;/h3-8,19,21,24,32H,2,9-18H2,1H3;2*1H. The number of carbonyl (C=O) groups is 2. The predicted molar refractivity (Wildman–Crippen MR) is 162 cm³/mol. The topological polar surface area (TPSA) is 55.9 Å². The number of nitrogens with zero attached hydrogens (tertiary/aromatic N) is 3. The van der Waals surface area contributed by atoms with Crippen LogP contribution in [0.15, 0.2) is 42.5 Å². The first-order valence-corrected chi connectivity index (χ1v) is 13.8. The molecule has 0 atom stereocenters. The van der Waals surface area contributed by atoms with Gasteiger partial charge in [-0.2, -0.15) is 0 Å². The van der Waals surface area contributed by atoms with E-state index in [2.05, 4.69) is 10.2 Å². The average molecular weight is 622 g/mol. The van der Waals surface area contributed by atoms with Crippen LogP contribution in [0.3, 0.4) is 0 Å². The lowest BCUT2D eigenvalue weighted by Gasteiger charge is -2.35. The molecule has 2 aliphatic heterocycles. The molecule has 0 bridgehead atoms. The largest absolute Gasteiger partial charge is 0.382 e. The highest BCUT2D eigenvalue weighted by Crippen LogP contribution is 2.30. The number of anilines is 2. The lowest BCUT2D eigenvalue weighted by molar-refractivity contribution is -0.133. The van der Waals surface area contributed by atoms with Crippen LogP contribution in [0.1, 0.15) is 39.0 Å². The molecular weight excluding hydrogens is 585 g/mol. The molecule has 0 unspecified atom stereocenters. The molecule has 2 heterocycles. The Morgan fingerprint density at radius 1 is 0.949 bits per heavy atom. The van der Waals surface area contributed by atoms with Gasteiger partial charge >= 0.3 is 0 Å². The summed E-state index contributed by atoms with van der Waals surface area (Å²) >= 11 is 12.4. The normalized spacial score (nSPS) is 16.7. The second kappa shape index (κ2) is 15.9. The van der Waals surface area contributed by atoms with Gasteiger partial charge in [0.05, 0.1) is 10.0 Å². The minimum atomic E-state index is -0.227. The summed E-state index contributed by atoms with van der Waals surface area (Å²) in [5.41, 5.74) is 1.71. The minimum absolute atomic E-state index is 0. The molecule has 4 rings (SSSR count). The van der Waals surface area contributed by atoms with Gasteiger partial charge < -0.3 is 20.0 Å². The molecule has 0 aliphatic carbocycles. The van der Waals surface area contributed by atoms with Gasteiger partial charge in [-0.3, -0.25) is 9.59 Å². The van der Waals surface area contributed by atoms with E-state index in [0.29, 0.717) is 48.6 Å². The van der Waals surface area contributed by atoms with Crippen LogP contribution >= 0.6 is 48.0 Å². The maximum absolute atomic E-state index is 13.6. The van der Waals surface area contributed by atoms with Crippen LogP contribution in [0, 0.1) is 11.7 Å². The molecule has 0 radical (unpaired) electrons. The predicted octanol–water partition coefficient (Wildman–Crippen LogP) is 6.53. The van der Waals surface area contributed by atoms with Crippen molar-refractivity contribution in [1.29, 1.82) is 0 Å². The van der Waals surface area contributed by atoms with E-state index in [9.17, 15) is 14.0 Å². The zero-order valence-corrected chi connectivity index (χ0v) is 25.2. The van der Waals surface area contributed by atoms with E-state index < -0.39 is 0 Å². The summed E-state index contributed by atoms with van der Waals surface area (Å²) in [6.07, 6.45) is 4.22. The Labute approximate surface area is 253 Å². The molecule has 2 aliphatic rings. The van der Waals surface area contributed by atoms with Crippen LogP contribution in [0.25, 0.3) is 0 Å². The van der Waals surface area contributed by atoms with Gasteiger partial charge in [0.15, 0.2) is 0 Å². The Morgan fingerprint density at radius 3 is 2.18 bits per heavy atom. The van der Waals surface area contributed by atoms with E-state index in [4.69, 9.17) is 23.2 Å². The number of hydrogen-bond donors (Lipinski definition) is 1. The third-order valence-corrected chi connectivity index (χ3v) is 8.17. The summed E-state index contributed by atoms with van der Waals surface area (Å²) in [6.45, 7) is 6.25. The maximum Gasteiger partial charge on any atom is 0.230 e. The number of likely N-dealkylation sites (tertiary alicyclic amines) is 2.